The first-order valence-corrected chi connectivity index (χ1v) is 7.14. The molecular weight excluding hydrogens is 296 g/mol. The van der Waals surface area contributed by atoms with Gasteiger partial charge in [0, 0.05) is 17.0 Å². The van der Waals surface area contributed by atoms with Crippen LogP contribution in [0.15, 0.2) is 47.3 Å². The van der Waals surface area contributed by atoms with Crippen LogP contribution in [0, 0.1) is 0 Å². The van der Waals surface area contributed by atoms with Crippen LogP contribution >= 0.6 is 22.9 Å². The second-order valence-corrected chi connectivity index (χ2v) is 5.36. The summed E-state index contributed by atoms with van der Waals surface area (Å²) in [5.41, 5.74) is 1.41. The van der Waals surface area contributed by atoms with E-state index in [1.807, 2.05) is 30.3 Å². The Bertz CT molecular complexity index is 598. The van der Waals surface area contributed by atoms with Gasteiger partial charge in [0.15, 0.2) is 10.8 Å². The lowest BCUT2D eigenvalue weighted by atomic mass is 10.2. The Hall–Kier alpha value is -1.85. The molecule has 4 nitrogen and oxygen atoms in total. The molecule has 104 valence electrons. The van der Waals surface area contributed by atoms with Gasteiger partial charge in [0.05, 0.1) is 0 Å². The second-order valence-electron chi connectivity index (χ2n) is 3.97. The van der Waals surface area contributed by atoms with Gasteiger partial charge in [-0.1, -0.05) is 48.5 Å². The minimum Gasteiger partial charge on any atom is -0.455 e. The number of nitrogens with one attached hydrogen (secondary N) is 1. The highest BCUT2D eigenvalue weighted by molar-refractivity contribution is 7.13. The van der Waals surface area contributed by atoms with E-state index in [1.165, 1.54) is 11.3 Å². The van der Waals surface area contributed by atoms with Crippen LogP contribution in [0.25, 0.3) is 0 Å². The first-order valence-electron chi connectivity index (χ1n) is 5.89. The minimum atomic E-state index is -0.504. The summed E-state index contributed by atoms with van der Waals surface area (Å²) in [6.45, 7) is 4.09. The first kappa shape index (κ1) is 14.6. The fourth-order valence-electron chi connectivity index (χ4n) is 1.44. The lowest BCUT2D eigenvalue weighted by Gasteiger charge is -2.02. The fraction of sp³-hybridized carbons (Fsp3) is 0.143. The Balaban J connectivity index is 1.89. The molecule has 20 heavy (non-hydrogen) atoms. The van der Waals surface area contributed by atoms with Gasteiger partial charge in [0.2, 0.25) is 0 Å². The second kappa shape index (κ2) is 7.07. The van der Waals surface area contributed by atoms with Crippen molar-refractivity contribution in [3.05, 3.63) is 58.6 Å². The average molecular weight is 309 g/mol. The predicted octanol–water partition coefficient (Wildman–Crippen LogP) is 3.66. The highest BCUT2D eigenvalue weighted by Gasteiger charge is 2.12. The first-order chi connectivity index (χ1) is 9.65. The number of aromatic nitrogens is 1. The number of nitrogens with zero attached hydrogens (tertiary/aromatic N) is 1. The third kappa shape index (κ3) is 4.36. The van der Waals surface area contributed by atoms with Crippen molar-refractivity contribution in [3.63, 3.8) is 0 Å². The molecule has 2 aromatic rings. The Kier molecular flexibility index (Phi) is 5.15. The van der Waals surface area contributed by atoms with Crippen molar-refractivity contribution in [2.45, 2.75) is 6.54 Å². The number of esters is 1. The minimum absolute atomic E-state index is 0.00923. The summed E-state index contributed by atoms with van der Waals surface area (Å²) in [4.78, 5) is 15.8. The summed E-state index contributed by atoms with van der Waals surface area (Å²) in [6, 6.07) is 9.94. The summed E-state index contributed by atoms with van der Waals surface area (Å²) in [5.74, 6) is -0.504. The van der Waals surface area contributed by atoms with Crippen LogP contribution in [0.1, 0.15) is 16.1 Å². The van der Waals surface area contributed by atoms with Crippen molar-refractivity contribution < 1.29 is 9.53 Å². The van der Waals surface area contributed by atoms with Gasteiger partial charge in [0.1, 0.15) is 6.61 Å². The maximum atomic E-state index is 11.6. The van der Waals surface area contributed by atoms with E-state index in [2.05, 4.69) is 16.9 Å². The summed E-state index contributed by atoms with van der Waals surface area (Å²) in [7, 11) is 0. The van der Waals surface area contributed by atoms with Crippen LogP contribution in [-0.2, 0) is 11.3 Å². The van der Waals surface area contributed by atoms with Gasteiger partial charge in [-0.2, -0.15) is 0 Å². The van der Waals surface area contributed by atoms with E-state index in [9.17, 15) is 4.79 Å². The highest BCUT2D eigenvalue weighted by Crippen LogP contribution is 2.17. The van der Waals surface area contributed by atoms with Crippen molar-refractivity contribution in [2.75, 3.05) is 11.9 Å². The zero-order chi connectivity index (χ0) is 14.4. The molecule has 2 rings (SSSR count). The van der Waals surface area contributed by atoms with Gasteiger partial charge in [-0.05, 0) is 5.56 Å². The standard InChI is InChI=1S/C14H13ClN2O2S/c1-10(15)8-19-13(18)12-9-20-14(17-12)16-7-11-5-3-2-4-6-11/h2-6,9H,1,7-8H2,(H,16,17). The number of halogens is 1. The SMILES string of the molecule is C=C(Cl)COC(=O)c1csc(NCc2ccccc2)n1. The highest BCUT2D eigenvalue weighted by atomic mass is 35.5. The molecule has 0 spiro atoms. The molecule has 0 bridgehead atoms. The number of anilines is 1. The number of rotatable bonds is 6. The van der Waals surface area contributed by atoms with Gasteiger partial charge >= 0.3 is 5.97 Å². The van der Waals surface area contributed by atoms with Crippen molar-refractivity contribution in [3.8, 4) is 0 Å². The molecule has 0 saturated heterocycles. The molecule has 0 fully saturated rings. The number of hydrogen-bond acceptors (Lipinski definition) is 5. The van der Waals surface area contributed by atoms with Gasteiger partial charge in [0.25, 0.3) is 0 Å². The van der Waals surface area contributed by atoms with Crippen molar-refractivity contribution in [2.24, 2.45) is 0 Å². The Morgan fingerprint density at radius 3 is 2.85 bits per heavy atom. The molecule has 6 heteroatoms. The maximum Gasteiger partial charge on any atom is 0.358 e. The molecule has 0 unspecified atom stereocenters. The molecule has 0 aliphatic rings. The molecule has 0 aliphatic heterocycles. The van der Waals surface area contributed by atoms with Crippen LogP contribution < -0.4 is 5.32 Å². The molecule has 1 aromatic carbocycles. The smallest absolute Gasteiger partial charge is 0.358 e. The number of carbonyl (C=O) groups is 1. The quantitative estimate of drug-likeness (QED) is 0.827. The molecule has 1 heterocycles. The van der Waals surface area contributed by atoms with Crippen molar-refractivity contribution in [1.82, 2.24) is 4.98 Å². The van der Waals surface area contributed by atoms with Crippen molar-refractivity contribution in [1.29, 1.82) is 0 Å². The molecule has 0 amide bonds. The van der Waals surface area contributed by atoms with E-state index in [0.29, 0.717) is 11.7 Å². The summed E-state index contributed by atoms with van der Waals surface area (Å²) >= 11 is 6.88. The van der Waals surface area contributed by atoms with Gasteiger partial charge < -0.3 is 10.1 Å². The fourth-order valence-corrected chi connectivity index (χ4v) is 2.17. The van der Waals surface area contributed by atoms with Crippen molar-refractivity contribution >= 4 is 34.0 Å². The predicted molar refractivity (Wildman–Crippen MR) is 81.2 cm³/mol. The van der Waals surface area contributed by atoms with Crippen LogP contribution in [0.4, 0.5) is 5.13 Å². The zero-order valence-corrected chi connectivity index (χ0v) is 12.2. The Morgan fingerprint density at radius 2 is 2.15 bits per heavy atom. The number of benzene rings is 1. The molecule has 0 saturated carbocycles. The van der Waals surface area contributed by atoms with Gasteiger partial charge in [-0.15, -0.1) is 11.3 Å². The van der Waals surface area contributed by atoms with E-state index in [-0.39, 0.29) is 17.3 Å². The van der Waals surface area contributed by atoms with Crippen LogP contribution in [-0.4, -0.2) is 17.6 Å². The third-order valence-corrected chi connectivity index (χ3v) is 3.27. The van der Waals surface area contributed by atoms with Gasteiger partial charge in [-0.3, -0.25) is 0 Å². The monoisotopic (exact) mass is 308 g/mol. The molecule has 0 radical (unpaired) electrons. The number of thiazole rings is 1. The lowest BCUT2D eigenvalue weighted by molar-refractivity contribution is 0.0540. The van der Waals surface area contributed by atoms with E-state index in [4.69, 9.17) is 16.3 Å². The number of hydrogen-bond donors (Lipinski definition) is 1. The van der Waals surface area contributed by atoms with Crippen LogP contribution in [0.2, 0.25) is 0 Å². The average Bonchev–Trinajstić information content (AvgIpc) is 2.92. The Morgan fingerprint density at radius 1 is 1.40 bits per heavy atom. The normalized spacial score (nSPS) is 10.1. The Labute approximate surface area is 126 Å². The summed E-state index contributed by atoms with van der Waals surface area (Å²) < 4.78 is 4.91. The van der Waals surface area contributed by atoms with E-state index in [0.717, 1.165) is 5.56 Å². The summed E-state index contributed by atoms with van der Waals surface area (Å²) in [5, 5.41) is 5.75. The van der Waals surface area contributed by atoms with Gasteiger partial charge in [-0.25, -0.2) is 9.78 Å². The molecular formula is C14H13ClN2O2S. The van der Waals surface area contributed by atoms with Crippen LogP contribution in [0.3, 0.4) is 0 Å². The lowest BCUT2D eigenvalue weighted by Crippen LogP contribution is -2.07. The largest absolute Gasteiger partial charge is 0.455 e. The molecule has 1 aromatic heterocycles. The van der Waals surface area contributed by atoms with E-state index < -0.39 is 5.97 Å². The topological polar surface area (TPSA) is 51.2 Å². The maximum absolute atomic E-state index is 11.6. The number of ether oxygens (including phenoxy) is 1. The van der Waals surface area contributed by atoms with Crippen LogP contribution in [0.5, 0.6) is 0 Å². The molecule has 1 N–H and O–H groups in total. The van der Waals surface area contributed by atoms with E-state index >= 15 is 0 Å². The zero-order valence-electron chi connectivity index (χ0n) is 10.6. The molecule has 0 aliphatic carbocycles. The summed E-state index contributed by atoms with van der Waals surface area (Å²) in [6.07, 6.45) is 0. The molecule has 0 atom stereocenters. The van der Waals surface area contributed by atoms with E-state index in [1.54, 1.807) is 5.38 Å². The third-order valence-electron chi connectivity index (χ3n) is 2.36. The number of carbonyl (C=O) groups excluding carboxylic acids is 1.